The molecular formula is C8H17BFN. The third-order valence-electron chi connectivity index (χ3n) is 2.41. The van der Waals surface area contributed by atoms with Crippen molar-refractivity contribution in [1.29, 1.82) is 0 Å². The van der Waals surface area contributed by atoms with Crippen LogP contribution in [0.5, 0.6) is 0 Å². The molecular weight excluding hydrogens is 140 g/mol. The van der Waals surface area contributed by atoms with Crippen LogP contribution in [0.1, 0.15) is 26.7 Å². The van der Waals surface area contributed by atoms with E-state index in [0.717, 1.165) is 19.4 Å². The largest absolute Gasteiger partial charge is 0.299 e. The average Bonchev–Trinajstić information content (AvgIpc) is 1.85. The SMILES string of the molecule is BC1(F)CCCN(C(C)C)C1. The first-order chi connectivity index (χ1) is 5.01. The van der Waals surface area contributed by atoms with E-state index in [1.807, 2.05) is 0 Å². The van der Waals surface area contributed by atoms with Gasteiger partial charge in [0, 0.05) is 12.6 Å². The third kappa shape index (κ3) is 2.47. The zero-order valence-corrected chi connectivity index (χ0v) is 7.73. The maximum Gasteiger partial charge on any atom is 0.151 e. The van der Waals surface area contributed by atoms with Gasteiger partial charge in [0.05, 0.1) is 5.57 Å². The Labute approximate surface area is 69.4 Å². The highest BCUT2D eigenvalue weighted by molar-refractivity contribution is 6.14. The lowest BCUT2D eigenvalue weighted by molar-refractivity contribution is 0.0861. The number of nitrogens with zero attached hydrogens (tertiary/aromatic N) is 1. The van der Waals surface area contributed by atoms with Gasteiger partial charge in [0.1, 0.15) is 0 Å². The van der Waals surface area contributed by atoms with Gasteiger partial charge in [0.2, 0.25) is 0 Å². The minimum absolute atomic E-state index is 0.491. The predicted molar refractivity (Wildman–Crippen MR) is 48.3 cm³/mol. The van der Waals surface area contributed by atoms with E-state index >= 15 is 0 Å². The minimum atomic E-state index is -0.942. The monoisotopic (exact) mass is 157 g/mol. The molecule has 0 aromatic rings. The number of rotatable bonds is 1. The van der Waals surface area contributed by atoms with Crippen LogP contribution < -0.4 is 0 Å². The van der Waals surface area contributed by atoms with E-state index in [0.29, 0.717) is 12.6 Å². The lowest BCUT2D eigenvalue weighted by Gasteiger charge is -2.37. The van der Waals surface area contributed by atoms with Crippen molar-refractivity contribution >= 4 is 7.85 Å². The fraction of sp³-hybridized carbons (Fsp3) is 1.00. The molecule has 1 fully saturated rings. The summed E-state index contributed by atoms with van der Waals surface area (Å²) in [7, 11) is 1.71. The van der Waals surface area contributed by atoms with Gasteiger partial charge in [0.15, 0.2) is 7.85 Å². The molecule has 11 heavy (non-hydrogen) atoms. The molecule has 0 saturated carbocycles. The Morgan fingerprint density at radius 3 is 2.55 bits per heavy atom. The van der Waals surface area contributed by atoms with Crippen molar-refractivity contribution in [3.8, 4) is 0 Å². The number of alkyl halides is 1. The van der Waals surface area contributed by atoms with Gasteiger partial charge in [-0.1, -0.05) is 0 Å². The molecule has 0 radical (unpaired) electrons. The zero-order valence-electron chi connectivity index (χ0n) is 7.73. The van der Waals surface area contributed by atoms with E-state index < -0.39 is 5.57 Å². The van der Waals surface area contributed by atoms with Gasteiger partial charge in [-0.2, -0.15) is 0 Å². The lowest BCUT2D eigenvalue weighted by atomic mass is 9.77. The van der Waals surface area contributed by atoms with Crippen molar-refractivity contribution in [3.05, 3.63) is 0 Å². The summed E-state index contributed by atoms with van der Waals surface area (Å²) in [5.74, 6) is 0. The number of halogens is 1. The van der Waals surface area contributed by atoms with E-state index in [9.17, 15) is 4.39 Å². The molecule has 1 aliphatic rings. The summed E-state index contributed by atoms with van der Waals surface area (Å²) in [5, 5.41) is 0. The van der Waals surface area contributed by atoms with Crippen LogP contribution in [-0.2, 0) is 0 Å². The Bertz CT molecular complexity index is 136. The van der Waals surface area contributed by atoms with E-state index in [-0.39, 0.29) is 0 Å². The van der Waals surface area contributed by atoms with Crippen LogP contribution in [0.2, 0.25) is 0 Å². The Morgan fingerprint density at radius 1 is 1.55 bits per heavy atom. The summed E-state index contributed by atoms with van der Waals surface area (Å²) in [6.45, 7) is 5.94. The second-order valence-electron chi connectivity index (χ2n) is 4.08. The van der Waals surface area contributed by atoms with Crippen LogP contribution in [0.4, 0.5) is 4.39 Å². The Balaban J connectivity index is 2.46. The summed E-state index contributed by atoms with van der Waals surface area (Å²) in [6.07, 6.45) is 1.74. The lowest BCUT2D eigenvalue weighted by Crippen LogP contribution is -2.48. The van der Waals surface area contributed by atoms with Crippen molar-refractivity contribution < 1.29 is 4.39 Å². The van der Waals surface area contributed by atoms with Crippen LogP contribution in [0, 0.1) is 0 Å². The number of hydrogen-bond acceptors (Lipinski definition) is 1. The quantitative estimate of drug-likeness (QED) is 0.508. The van der Waals surface area contributed by atoms with Gasteiger partial charge in [-0.3, -0.25) is 9.29 Å². The molecule has 1 aliphatic heterocycles. The van der Waals surface area contributed by atoms with Crippen molar-refractivity contribution in [2.75, 3.05) is 13.1 Å². The van der Waals surface area contributed by atoms with E-state index in [1.165, 1.54) is 0 Å². The molecule has 0 aromatic carbocycles. The molecule has 0 spiro atoms. The van der Waals surface area contributed by atoms with Crippen molar-refractivity contribution in [2.45, 2.75) is 38.3 Å². The second-order valence-corrected chi connectivity index (χ2v) is 4.08. The van der Waals surface area contributed by atoms with E-state index in [1.54, 1.807) is 7.85 Å². The number of hydrogen-bond donors (Lipinski definition) is 0. The van der Waals surface area contributed by atoms with Crippen LogP contribution >= 0.6 is 0 Å². The molecule has 1 saturated heterocycles. The van der Waals surface area contributed by atoms with Crippen LogP contribution in [0.3, 0.4) is 0 Å². The molecule has 0 N–H and O–H groups in total. The summed E-state index contributed by atoms with van der Waals surface area (Å²) < 4.78 is 13.4. The molecule has 0 amide bonds. The Morgan fingerprint density at radius 2 is 2.18 bits per heavy atom. The van der Waals surface area contributed by atoms with Gasteiger partial charge in [-0.15, -0.1) is 0 Å². The van der Waals surface area contributed by atoms with Gasteiger partial charge < -0.3 is 0 Å². The molecule has 1 atom stereocenters. The van der Waals surface area contributed by atoms with Gasteiger partial charge >= 0.3 is 0 Å². The van der Waals surface area contributed by atoms with E-state index in [4.69, 9.17) is 0 Å². The summed E-state index contributed by atoms with van der Waals surface area (Å²) in [6, 6.07) is 0.491. The molecule has 0 bridgehead atoms. The van der Waals surface area contributed by atoms with Crippen molar-refractivity contribution in [1.82, 2.24) is 4.90 Å². The standard InChI is InChI=1S/C8H17BFN/c1-7(2)11-5-3-4-8(9,10)6-11/h7H,3-6,9H2,1-2H3. The first-order valence-electron chi connectivity index (χ1n) is 4.44. The highest BCUT2D eigenvalue weighted by Gasteiger charge is 2.30. The smallest absolute Gasteiger partial charge is 0.151 e. The van der Waals surface area contributed by atoms with E-state index in [2.05, 4.69) is 18.7 Å². The normalized spacial score (nSPS) is 34.5. The van der Waals surface area contributed by atoms with Crippen LogP contribution in [-0.4, -0.2) is 37.4 Å². The summed E-state index contributed by atoms with van der Waals surface area (Å²) in [5.41, 5.74) is -0.942. The zero-order chi connectivity index (χ0) is 8.48. The molecule has 0 aromatic heterocycles. The Kier molecular flexibility index (Phi) is 2.58. The van der Waals surface area contributed by atoms with Crippen LogP contribution in [0.15, 0.2) is 0 Å². The van der Waals surface area contributed by atoms with Gasteiger partial charge in [-0.05, 0) is 33.2 Å². The number of piperidine rings is 1. The first kappa shape index (κ1) is 9.05. The topological polar surface area (TPSA) is 3.24 Å². The molecule has 1 rings (SSSR count). The molecule has 64 valence electrons. The summed E-state index contributed by atoms with van der Waals surface area (Å²) >= 11 is 0. The fourth-order valence-corrected chi connectivity index (χ4v) is 1.67. The molecule has 1 unspecified atom stereocenters. The fourth-order valence-electron chi connectivity index (χ4n) is 1.67. The molecule has 0 aliphatic carbocycles. The molecule has 1 nitrogen and oxygen atoms in total. The Hall–Kier alpha value is -0.0451. The number of likely N-dealkylation sites (tertiary alicyclic amines) is 1. The van der Waals surface area contributed by atoms with Crippen molar-refractivity contribution in [2.24, 2.45) is 0 Å². The molecule has 3 heteroatoms. The minimum Gasteiger partial charge on any atom is -0.299 e. The summed E-state index contributed by atoms with van der Waals surface area (Å²) in [4.78, 5) is 2.21. The molecule has 1 heterocycles. The second kappa shape index (κ2) is 3.14. The predicted octanol–water partition coefficient (Wildman–Crippen LogP) is 0.789. The first-order valence-corrected chi connectivity index (χ1v) is 4.44. The van der Waals surface area contributed by atoms with Crippen molar-refractivity contribution in [3.63, 3.8) is 0 Å². The maximum absolute atomic E-state index is 13.4. The third-order valence-corrected chi connectivity index (χ3v) is 2.41. The average molecular weight is 157 g/mol. The van der Waals surface area contributed by atoms with Gasteiger partial charge in [0.25, 0.3) is 0 Å². The highest BCUT2D eigenvalue weighted by Crippen LogP contribution is 2.22. The highest BCUT2D eigenvalue weighted by atomic mass is 19.1. The van der Waals surface area contributed by atoms with Crippen LogP contribution in [0.25, 0.3) is 0 Å². The van der Waals surface area contributed by atoms with Gasteiger partial charge in [-0.25, -0.2) is 0 Å². The maximum atomic E-state index is 13.4.